The van der Waals surface area contributed by atoms with E-state index in [4.69, 9.17) is 17.3 Å². The van der Waals surface area contributed by atoms with Crippen molar-refractivity contribution in [1.82, 2.24) is 0 Å². The van der Waals surface area contributed by atoms with Crippen LogP contribution in [-0.4, -0.2) is 27.5 Å². The summed E-state index contributed by atoms with van der Waals surface area (Å²) in [6.45, 7) is 1.87. The maximum absolute atomic E-state index is 12.9. The van der Waals surface area contributed by atoms with Crippen LogP contribution in [0.5, 0.6) is 0 Å². The van der Waals surface area contributed by atoms with E-state index in [0.29, 0.717) is 6.42 Å². The molecule has 0 unspecified atom stereocenters. The van der Waals surface area contributed by atoms with Crippen LogP contribution in [0.4, 0.5) is 0 Å². The lowest BCUT2D eigenvalue weighted by Crippen LogP contribution is -2.17. The van der Waals surface area contributed by atoms with E-state index in [2.05, 4.69) is 4.74 Å². The Morgan fingerprint density at radius 3 is 2.38 bits per heavy atom. The van der Waals surface area contributed by atoms with Crippen molar-refractivity contribution in [1.29, 1.82) is 0 Å². The lowest BCUT2D eigenvalue weighted by atomic mass is 10.1. The minimum Gasteiger partial charge on any atom is -0.465 e. The van der Waals surface area contributed by atoms with Crippen LogP contribution in [0.2, 0.25) is 5.02 Å². The average Bonchev–Trinajstić information content (AvgIpc) is 2.54. The van der Waals surface area contributed by atoms with Gasteiger partial charge in [-0.05, 0) is 49.2 Å². The number of ether oxygens (including phenoxy) is 1. The molecule has 0 bridgehead atoms. The van der Waals surface area contributed by atoms with Crippen molar-refractivity contribution in [2.45, 2.75) is 29.2 Å². The van der Waals surface area contributed by atoms with Crippen molar-refractivity contribution in [3.05, 3.63) is 58.6 Å². The third-order valence-corrected chi connectivity index (χ3v) is 5.47. The van der Waals surface area contributed by atoms with Crippen LogP contribution < -0.4 is 5.73 Å². The fourth-order valence-corrected chi connectivity index (χ4v) is 4.01. The average molecular weight is 368 g/mol. The molecule has 2 N–H and O–H groups in total. The summed E-state index contributed by atoms with van der Waals surface area (Å²) >= 11 is 5.91. The van der Waals surface area contributed by atoms with E-state index >= 15 is 0 Å². The lowest BCUT2D eigenvalue weighted by Gasteiger charge is -2.11. The highest BCUT2D eigenvalue weighted by molar-refractivity contribution is 7.91. The summed E-state index contributed by atoms with van der Waals surface area (Å²) < 4.78 is 30.4. The van der Waals surface area contributed by atoms with Gasteiger partial charge in [-0.15, -0.1) is 0 Å². The Morgan fingerprint density at radius 1 is 1.21 bits per heavy atom. The first kappa shape index (κ1) is 18.4. The number of sulfone groups is 1. The van der Waals surface area contributed by atoms with Gasteiger partial charge in [0.25, 0.3) is 0 Å². The number of esters is 1. The van der Waals surface area contributed by atoms with Crippen LogP contribution >= 0.6 is 11.6 Å². The molecule has 24 heavy (non-hydrogen) atoms. The van der Waals surface area contributed by atoms with Gasteiger partial charge in [0.05, 0.1) is 22.5 Å². The molecule has 2 rings (SSSR count). The number of carbonyl (C=O) groups excluding carboxylic acids is 1. The number of nitrogens with two attached hydrogens (primary N) is 1. The van der Waals surface area contributed by atoms with Crippen LogP contribution in [0, 0.1) is 0 Å². The molecule has 5 nitrogen and oxygen atoms in total. The standard InChI is InChI=1S/C17H18ClNO4S/c1-11(19)9-12-3-6-14(7-4-12)24(21,22)16-10-13(18)5-8-15(16)17(20)23-2/h3-8,10-11H,9,19H2,1-2H3/t11-/m1/s1. The van der Waals surface area contributed by atoms with Crippen LogP contribution in [-0.2, 0) is 21.0 Å². The van der Waals surface area contributed by atoms with Gasteiger partial charge >= 0.3 is 5.97 Å². The maximum Gasteiger partial charge on any atom is 0.339 e. The lowest BCUT2D eigenvalue weighted by molar-refractivity contribution is 0.0596. The molecular weight excluding hydrogens is 350 g/mol. The highest BCUT2D eigenvalue weighted by atomic mass is 35.5. The maximum atomic E-state index is 12.9. The van der Waals surface area contributed by atoms with Crippen molar-refractivity contribution >= 4 is 27.4 Å². The first-order chi connectivity index (χ1) is 11.3. The van der Waals surface area contributed by atoms with E-state index in [1.54, 1.807) is 12.1 Å². The van der Waals surface area contributed by atoms with Gasteiger partial charge in [0.2, 0.25) is 9.84 Å². The monoisotopic (exact) mass is 367 g/mol. The SMILES string of the molecule is COC(=O)c1ccc(Cl)cc1S(=O)(=O)c1ccc(C[C@@H](C)N)cc1. The Balaban J connectivity index is 2.51. The van der Waals surface area contributed by atoms with Crippen LogP contribution in [0.15, 0.2) is 52.3 Å². The molecular formula is C17H18ClNO4S. The van der Waals surface area contributed by atoms with E-state index in [-0.39, 0.29) is 26.4 Å². The minimum atomic E-state index is -3.91. The van der Waals surface area contributed by atoms with Gasteiger partial charge in [-0.2, -0.15) is 0 Å². The number of methoxy groups -OCH3 is 1. The van der Waals surface area contributed by atoms with Crippen molar-refractivity contribution in [3.8, 4) is 0 Å². The fraction of sp³-hybridized carbons (Fsp3) is 0.235. The Labute approximate surface area is 146 Å². The van der Waals surface area contributed by atoms with Crippen LogP contribution in [0.25, 0.3) is 0 Å². The van der Waals surface area contributed by atoms with Crippen molar-refractivity contribution in [2.75, 3.05) is 7.11 Å². The molecule has 0 fully saturated rings. The molecule has 1 atom stereocenters. The quantitative estimate of drug-likeness (QED) is 0.821. The van der Waals surface area contributed by atoms with Gasteiger partial charge in [-0.25, -0.2) is 13.2 Å². The Morgan fingerprint density at radius 2 is 1.83 bits per heavy atom. The van der Waals surface area contributed by atoms with E-state index in [1.807, 2.05) is 6.92 Å². The molecule has 2 aromatic carbocycles. The summed E-state index contributed by atoms with van der Waals surface area (Å²) in [4.78, 5) is 11.7. The van der Waals surface area contributed by atoms with E-state index in [0.717, 1.165) is 5.56 Å². The van der Waals surface area contributed by atoms with Gasteiger partial charge in [0, 0.05) is 11.1 Å². The first-order valence-electron chi connectivity index (χ1n) is 7.23. The zero-order valence-corrected chi connectivity index (χ0v) is 14.9. The Bertz CT molecular complexity index is 845. The fourth-order valence-electron chi connectivity index (χ4n) is 2.30. The number of benzene rings is 2. The number of hydrogen-bond acceptors (Lipinski definition) is 5. The summed E-state index contributed by atoms with van der Waals surface area (Å²) in [6, 6.07) is 10.4. The molecule has 0 aliphatic rings. The summed E-state index contributed by atoms with van der Waals surface area (Å²) in [5.41, 5.74) is 6.62. The Hall–Kier alpha value is -1.89. The van der Waals surface area contributed by atoms with Gasteiger partial charge < -0.3 is 10.5 Å². The second-order valence-electron chi connectivity index (χ2n) is 5.46. The van der Waals surface area contributed by atoms with Gasteiger partial charge in [0.15, 0.2) is 0 Å². The molecule has 0 aliphatic carbocycles. The third kappa shape index (κ3) is 3.95. The Kier molecular flexibility index (Phi) is 5.64. The molecule has 0 saturated carbocycles. The molecule has 2 aromatic rings. The summed E-state index contributed by atoms with van der Waals surface area (Å²) in [6.07, 6.45) is 0.644. The molecule has 0 spiro atoms. The summed E-state index contributed by atoms with van der Waals surface area (Å²) in [5.74, 6) is -0.737. The second-order valence-corrected chi connectivity index (χ2v) is 7.82. The van der Waals surface area contributed by atoms with Crippen LogP contribution in [0.3, 0.4) is 0 Å². The zero-order valence-electron chi connectivity index (χ0n) is 13.3. The molecule has 128 valence electrons. The number of rotatable bonds is 5. The van der Waals surface area contributed by atoms with E-state index < -0.39 is 15.8 Å². The second kappa shape index (κ2) is 7.34. The molecule has 0 amide bonds. The number of carbonyl (C=O) groups is 1. The zero-order chi connectivity index (χ0) is 17.9. The smallest absolute Gasteiger partial charge is 0.339 e. The predicted molar refractivity (Wildman–Crippen MR) is 92.0 cm³/mol. The van der Waals surface area contributed by atoms with Gasteiger partial charge in [-0.3, -0.25) is 0 Å². The third-order valence-electron chi connectivity index (χ3n) is 3.43. The summed E-state index contributed by atoms with van der Waals surface area (Å²) in [5, 5.41) is 0.217. The summed E-state index contributed by atoms with van der Waals surface area (Å²) in [7, 11) is -2.72. The van der Waals surface area contributed by atoms with E-state index in [1.165, 1.54) is 37.4 Å². The molecule has 0 heterocycles. The molecule has 0 radical (unpaired) electrons. The molecule has 0 aromatic heterocycles. The minimum absolute atomic E-state index is 0.0219. The first-order valence-corrected chi connectivity index (χ1v) is 9.09. The molecule has 7 heteroatoms. The van der Waals surface area contributed by atoms with Crippen LogP contribution in [0.1, 0.15) is 22.8 Å². The highest BCUT2D eigenvalue weighted by Gasteiger charge is 2.25. The van der Waals surface area contributed by atoms with Crippen molar-refractivity contribution in [3.63, 3.8) is 0 Å². The van der Waals surface area contributed by atoms with E-state index in [9.17, 15) is 13.2 Å². The normalized spacial score (nSPS) is 12.7. The highest BCUT2D eigenvalue weighted by Crippen LogP contribution is 2.28. The molecule has 0 aliphatic heterocycles. The largest absolute Gasteiger partial charge is 0.465 e. The number of hydrogen-bond donors (Lipinski definition) is 1. The van der Waals surface area contributed by atoms with Gasteiger partial charge in [0.1, 0.15) is 0 Å². The predicted octanol–water partition coefficient (Wildman–Crippen LogP) is 2.85. The van der Waals surface area contributed by atoms with Gasteiger partial charge in [-0.1, -0.05) is 23.7 Å². The molecule has 0 saturated heterocycles. The van der Waals surface area contributed by atoms with Crippen molar-refractivity contribution in [2.24, 2.45) is 5.73 Å². The van der Waals surface area contributed by atoms with Crippen molar-refractivity contribution < 1.29 is 17.9 Å². The number of halogens is 1. The topological polar surface area (TPSA) is 86.5 Å².